The molecule has 0 aliphatic heterocycles. The van der Waals surface area contributed by atoms with Crippen LogP contribution in [-0.2, 0) is 0 Å². The normalized spacial score (nSPS) is 10.1. The van der Waals surface area contributed by atoms with Crippen LogP contribution in [0.25, 0.3) is 0 Å². The summed E-state index contributed by atoms with van der Waals surface area (Å²) < 4.78 is 5.44. The maximum atomic E-state index is 11.0. The van der Waals surface area contributed by atoms with Crippen LogP contribution in [0.5, 0.6) is 11.5 Å². The number of pyridine rings is 1. The summed E-state index contributed by atoms with van der Waals surface area (Å²) >= 11 is 0. The summed E-state index contributed by atoms with van der Waals surface area (Å²) in [5.74, 6) is -0.984. The van der Waals surface area contributed by atoms with E-state index in [2.05, 4.69) is 4.98 Å². The van der Waals surface area contributed by atoms with E-state index < -0.39 is 10.9 Å². The molecule has 2 aromatic rings. The number of aromatic nitrogens is 1. The summed E-state index contributed by atoms with van der Waals surface area (Å²) in [6, 6.07) is 7.31. The molecule has 20 heavy (non-hydrogen) atoms. The summed E-state index contributed by atoms with van der Waals surface area (Å²) in [6.07, 6.45) is 1.33. The molecule has 102 valence electrons. The molecular weight excluding hydrogens is 264 g/mol. The highest BCUT2D eigenvalue weighted by molar-refractivity contribution is 5.88. The van der Waals surface area contributed by atoms with Crippen LogP contribution in [-0.4, -0.2) is 21.0 Å². The van der Waals surface area contributed by atoms with Crippen LogP contribution < -0.4 is 4.74 Å². The average Bonchev–Trinajstić information content (AvgIpc) is 2.41. The predicted molar refractivity (Wildman–Crippen MR) is 69.1 cm³/mol. The van der Waals surface area contributed by atoms with Crippen molar-refractivity contribution >= 4 is 11.7 Å². The molecule has 1 aromatic heterocycles. The Bertz CT molecular complexity index is 684. The minimum atomic E-state index is -1.23. The Labute approximate surface area is 113 Å². The van der Waals surface area contributed by atoms with Crippen molar-refractivity contribution in [2.24, 2.45) is 0 Å². The van der Waals surface area contributed by atoms with Crippen molar-refractivity contribution in [3.63, 3.8) is 0 Å². The average molecular weight is 274 g/mol. The first kappa shape index (κ1) is 13.5. The highest BCUT2D eigenvalue weighted by Gasteiger charge is 2.18. The second-order valence-electron chi connectivity index (χ2n) is 3.91. The van der Waals surface area contributed by atoms with Crippen LogP contribution in [0.4, 0.5) is 5.69 Å². The van der Waals surface area contributed by atoms with Gasteiger partial charge in [0.05, 0.1) is 10.5 Å². The highest BCUT2D eigenvalue weighted by atomic mass is 16.6. The van der Waals surface area contributed by atoms with Gasteiger partial charge in [-0.3, -0.25) is 10.1 Å². The molecule has 0 amide bonds. The number of nitrogens with zero attached hydrogens (tertiary/aromatic N) is 2. The zero-order valence-electron chi connectivity index (χ0n) is 10.4. The van der Waals surface area contributed by atoms with E-state index >= 15 is 0 Å². The summed E-state index contributed by atoms with van der Waals surface area (Å²) in [5.41, 5.74) is -0.0284. The lowest BCUT2D eigenvalue weighted by atomic mass is 10.2. The number of aromatic carboxylic acids is 1. The fraction of sp³-hybridized carbons (Fsp3) is 0.0769. The van der Waals surface area contributed by atoms with E-state index in [1.807, 2.05) is 0 Å². The highest BCUT2D eigenvalue weighted by Crippen LogP contribution is 2.31. The SMILES string of the molecule is Cc1c(Oc2cccnc2C(=O)O)cccc1[N+](=O)[O-]. The molecule has 7 nitrogen and oxygen atoms in total. The Morgan fingerprint density at radius 1 is 1.30 bits per heavy atom. The molecule has 0 aliphatic rings. The Morgan fingerprint density at radius 3 is 2.65 bits per heavy atom. The third kappa shape index (κ3) is 2.56. The molecule has 1 aromatic carbocycles. The Hall–Kier alpha value is -2.96. The third-order valence-electron chi connectivity index (χ3n) is 2.65. The van der Waals surface area contributed by atoms with Gasteiger partial charge < -0.3 is 9.84 Å². The molecule has 0 atom stereocenters. The van der Waals surface area contributed by atoms with Crippen molar-refractivity contribution in [1.82, 2.24) is 4.98 Å². The van der Waals surface area contributed by atoms with Gasteiger partial charge in [0, 0.05) is 12.3 Å². The zero-order chi connectivity index (χ0) is 14.7. The van der Waals surface area contributed by atoms with Crippen molar-refractivity contribution in [2.45, 2.75) is 6.92 Å². The maximum absolute atomic E-state index is 11.0. The number of rotatable bonds is 4. The molecule has 7 heteroatoms. The monoisotopic (exact) mass is 274 g/mol. The van der Waals surface area contributed by atoms with Crippen molar-refractivity contribution in [3.05, 3.63) is 57.9 Å². The fourth-order valence-corrected chi connectivity index (χ4v) is 1.66. The van der Waals surface area contributed by atoms with Crippen molar-refractivity contribution < 1.29 is 19.6 Å². The van der Waals surface area contributed by atoms with Crippen molar-refractivity contribution in [1.29, 1.82) is 0 Å². The van der Waals surface area contributed by atoms with Crippen LogP contribution in [0.15, 0.2) is 36.5 Å². The van der Waals surface area contributed by atoms with Gasteiger partial charge in [-0.05, 0) is 25.1 Å². The summed E-state index contributed by atoms with van der Waals surface area (Å²) in [5, 5.41) is 19.9. The van der Waals surface area contributed by atoms with Crippen molar-refractivity contribution in [3.8, 4) is 11.5 Å². The van der Waals surface area contributed by atoms with E-state index in [4.69, 9.17) is 9.84 Å². The molecule has 1 heterocycles. The van der Waals surface area contributed by atoms with Gasteiger partial charge in [-0.1, -0.05) is 6.07 Å². The van der Waals surface area contributed by atoms with Gasteiger partial charge in [0.15, 0.2) is 11.4 Å². The molecule has 0 bridgehead atoms. The van der Waals surface area contributed by atoms with Crippen LogP contribution in [0.1, 0.15) is 16.1 Å². The standard InChI is InChI=1S/C13H10N2O5/c1-8-9(15(18)19)4-2-5-10(8)20-11-6-3-7-14-12(11)13(16)17/h2-7H,1H3,(H,16,17). The first-order valence-electron chi connectivity index (χ1n) is 5.61. The zero-order valence-corrected chi connectivity index (χ0v) is 10.4. The molecule has 0 fully saturated rings. The van der Waals surface area contributed by atoms with Crippen molar-refractivity contribution in [2.75, 3.05) is 0 Å². The van der Waals surface area contributed by atoms with Gasteiger partial charge in [0.2, 0.25) is 0 Å². The Kier molecular flexibility index (Phi) is 3.60. The lowest BCUT2D eigenvalue weighted by Crippen LogP contribution is -2.03. The molecule has 1 N–H and O–H groups in total. The fourth-order valence-electron chi connectivity index (χ4n) is 1.66. The molecular formula is C13H10N2O5. The summed E-state index contributed by atoms with van der Waals surface area (Å²) in [4.78, 5) is 25.0. The van der Waals surface area contributed by atoms with E-state index in [1.165, 1.54) is 43.5 Å². The van der Waals surface area contributed by atoms with Gasteiger partial charge in [-0.2, -0.15) is 0 Å². The van der Waals surface area contributed by atoms with E-state index in [9.17, 15) is 14.9 Å². The lowest BCUT2D eigenvalue weighted by molar-refractivity contribution is -0.385. The molecule has 0 saturated carbocycles. The Balaban J connectivity index is 2.43. The molecule has 0 aliphatic carbocycles. The van der Waals surface area contributed by atoms with Crippen LogP contribution >= 0.6 is 0 Å². The predicted octanol–water partition coefficient (Wildman–Crippen LogP) is 2.79. The largest absolute Gasteiger partial charge is 0.476 e. The van der Waals surface area contributed by atoms with Crippen LogP contribution in [0.3, 0.4) is 0 Å². The van der Waals surface area contributed by atoms with Gasteiger partial charge in [-0.25, -0.2) is 9.78 Å². The number of hydrogen-bond acceptors (Lipinski definition) is 5. The number of benzene rings is 1. The van der Waals surface area contributed by atoms with Gasteiger partial charge in [-0.15, -0.1) is 0 Å². The molecule has 0 spiro atoms. The second kappa shape index (κ2) is 5.35. The number of carbonyl (C=O) groups is 1. The topological polar surface area (TPSA) is 103 Å². The first-order valence-corrected chi connectivity index (χ1v) is 5.61. The van der Waals surface area contributed by atoms with E-state index in [0.717, 1.165) is 0 Å². The maximum Gasteiger partial charge on any atom is 0.358 e. The second-order valence-corrected chi connectivity index (χ2v) is 3.91. The Morgan fingerprint density at radius 2 is 2.00 bits per heavy atom. The van der Waals surface area contributed by atoms with Gasteiger partial charge >= 0.3 is 5.97 Å². The number of carboxylic acid groups (broad SMARTS) is 1. The van der Waals surface area contributed by atoms with E-state index in [1.54, 1.807) is 0 Å². The van der Waals surface area contributed by atoms with E-state index in [-0.39, 0.29) is 22.9 Å². The number of carboxylic acids is 1. The van der Waals surface area contributed by atoms with E-state index in [0.29, 0.717) is 5.56 Å². The molecule has 0 radical (unpaired) electrons. The van der Waals surface area contributed by atoms with Crippen LogP contribution in [0, 0.1) is 17.0 Å². The minimum absolute atomic E-state index is 0.0311. The molecule has 2 rings (SSSR count). The molecule has 0 unspecified atom stereocenters. The summed E-state index contributed by atoms with van der Waals surface area (Å²) in [6.45, 7) is 1.53. The summed E-state index contributed by atoms with van der Waals surface area (Å²) in [7, 11) is 0. The number of hydrogen-bond donors (Lipinski definition) is 1. The third-order valence-corrected chi connectivity index (χ3v) is 2.65. The van der Waals surface area contributed by atoms with Crippen LogP contribution in [0.2, 0.25) is 0 Å². The first-order chi connectivity index (χ1) is 9.50. The number of ether oxygens (including phenoxy) is 1. The lowest BCUT2D eigenvalue weighted by Gasteiger charge is -2.10. The smallest absolute Gasteiger partial charge is 0.358 e. The number of nitro benzene ring substituents is 1. The quantitative estimate of drug-likeness (QED) is 0.679. The molecule has 0 saturated heterocycles. The van der Waals surface area contributed by atoms with Gasteiger partial charge in [0.1, 0.15) is 5.75 Å². The number of nitro groups is 1. The minimum Gasteiger partial charge on any atom is -0.476 e. The van der Waals surface area contributed by atoms with Gasteiger partial charge in [0.25, 0.3) is 5.69 Å².